The SMILES string of the molecule is C.C[C@H](NC(=O)OC(C)(C)C)c1ncc(-c2cnc(-c3ccc(-c4cnc([C@@H]5CCCN5C(=O)OC(C)(C)C)[nH]4)cc3)cn2)[nH]1. The highest BCUT2D eigenvalue weighted by Crippen LogP contribution is 2.33. The molecule has 1 aliphatic rings. The van der Waals surface area contributed by atoms with Gasteiger partial charge in [-0.2, -0.15) is 0 Å². The van der Waals surface area contributed by atoms with Crippen LogP contribution in [0.4, 0.5) is 9.59 Å². The standard InChI is InChI=1S/C32H40N8O4.CH4/c1-19(37-29(41)43-31(2,3)4)27-35-18-25(39-27)24-17-33-22(15-34-24)20-10-12-21(13-11-20)23-16-36-28(38-23)26-9-8-14-40(26)30(42)44-32(5,6)7;/h10-13,15-19,26H,8-9,14H2,1-7H3,(H,35,39)(H,36,38)(H,37,41);1H4/t19-,26-;/m0./s1. The predicted octanol–water partition coefficient (Wildman–Crippen LogP) is 7.22. The van der Waals surface area contributed by atoms with Gasteiger partial charge in [-0.25, -0.2) is 19.6 Å². The molecule has 0 aliphatic carbocycles. The molecular formula is C33H44N8O4. The van der Waals surface area contributed by atoms with Gasteiger partial charge >= 0.3 is 12.2 Å². The quantitative estimate of drug-likeness (QED) is 0.205. The van der Waals surface area contributed by atoms with Crippen LogP contribution in [0.3, 0.4) is 0 Å². The van der Waals surface area contributed by atoms with Gasteiger partial charge < -0.3 is 24.8 Å². The van der Waals surface area contributed by atoms with Gasteiger partial charge in [-0.05, 0) is 66.9 Å². The van der Waals surface area contributed by atoms with E-state index in [0.717, 1.165) is 41.2 Å². The molecule has 1 fully saturated rings. The summed E-state index contributed by atoms with van der Waals surface area (Å²) in [5.74, 6) is 1.34. The first-order valence-corrected chi connectivity index (χ1v) is 14.8. The average molecular weight is 617 g/mol. The molecule has 1 aliphatic heterocycles. The number of carbonyl (C=O) groups is 2. The van der Waals surface area contributed by atoms with Gasteiger partial charge in [0.15, 0.2) is 0 Å². The Morgan fingerprint density at radius 1 is 0.844 bits per heavy atom. The minimum atomic E-state index is -0.583. The number of alkyl carbamates (subject to hydrolysis) is 1. The van der Waals surface area contributed by atoms with Gasteiger partial charge in [0.05, 0.1) is 54.0 Å². The molecular weight excluding hydrogens is 572 g/mol. The van der Waals surface area contributed by atoms with E-state index in [1.165, 1.54) is 0 Å². The normalized spacial score (nSPS) is 15.7. The van der Waals surface area contributed by atoms with Gasteiger partial charge in [-0.3, -0.25) is 14.9 Å². The molecule has 3 N–H and O–H groups in total. The Balaban J connectivity index is 0.00000461. The van der Waals surface area contributed by atoms with Crippen LogP contribution in [0.1, 0.15) is 92.5 Å². The van der Waals surface area contributed by atoms with Crippen LogP contribution < -0.4 is 5.32 Å². The maximum atomic E-state index is 12.7. The van der Waals surface area contributed by atoms with Crippen LogP contribution >= 0.6 is 0 Å². The summed E-state index contributed by atoms with van der Waals surface area (Å²) >= 11 is 0. The molecule has 12 nitrogen and oxygen atoms in total. The second kappa shape index (κ2) is 13.1. The first kappa shape index (κ1) is 33.2. The van der Waals surface area contributed by atoms with Crippen molar-refractivity contribution >= 4 is 12.2 Å². The number of benzene rings is 1. The van der Waals surface area contributed by atoms with E-state index >= 15 is 0 Å². The topological polar surface area (TPSA) is 151 Å². The van der Waals surface area contributed by atoms with Crippen LogP contribution in [0, 0.1) is 0 Å². The van der Waals surface area contributed by atoms with Gasteiger partial charge in [0.2, 0.25) is 0 Å². The Morgan fingerprint density at radius 3 is 2.11 bits per heavy atom. The molecule has 1 saturated heterocycles. The van der Waals surface area contributed by atoms with Crippen molar-refractivity contribution in [2.45, 2.75) is 92.0 Å². The van der Waals surface area contributed by atoms with Crippen molar-refractivity contribution in [3.63, 3.8) is 0 Å². The largest absolute Gasteiger partial charge is 0.444 e. The first-order chi connectivity index (χ1) is 20.8. The summed E-state index contributed by atoms with van der Waals surface area (Å²) in [5, 5.41) is 2.78. The van der Waals surface area contributed by atoms with E-state index in [1.807, 2.05) is 72.7 Å². The number of nitrogens with zero attached hydrogens (tertiary/aromatic N) is 5. The first-order valence-electron chi connectivity index (χ1n) is 14.8. The zero-order valence-electron chi connectivity index (χ0n) is 26.3. The molecule has 12 heteroatoms. The predicted molar refractivity (Wildman–Crippen MR) is 172 cm³/mol. The summed E-state index contributed by atoms with van der Waals surface area (Å²) in [6, 6.07) is 7.46. The summed E-state index contributed by atoms with van der Waals surface area (Å²) in [5.41, 5.74) is 3.67. The van der Waals surface area contributed by atoms with Gasteiger partial charge in [-0.1, -0.05) is 31.7 Å². The van der Waals surface area contributed by atoms with Crippen molar-refractivity contribution < 1.29 is 19.1 Å². The molecule has 2 amide bonds. The lowest BCUT2D eigenvalue weighted by atomic mass is 10.1. The van der Waals surface area contributed by atoms with E-state index in [0.29, 0.717) is 23.8 Å². The second-order valence-corrected chi connectivity index (χ2v) is 12.9. The van der Waals surface area contributed by atoms with Crippen LogP contribution in [0.5, 0.6) is 0 Å². The third-order valence-electron chi connectivity index (χ3n) is 6.95. The van der Waals surface area contributed by atoms with Crippen molar-refractivity contribution in [3.05, 3.63) is 60.7 Å². The fourth-order valence-electron chi connectivity index (χ4n) is 4.92. The maximum absolute atomic E-state index is 12.7. The minimum absolute atomic E-state index is 0. The van der Waals surface area contributed by atoms with Gasteiger partial charge in [0, 0.05) is 12.1 Å². The highest BCUT2D eigenvalue weighted by Gasteiger charge is 2.34. The van der Waals surface area contributed by atoms with E-state index in [2.05, 4.69) is 35.2 Å². The third kappa shape index (κ3) is 8.25. The number of nitrogens with one attached hydrogen (secondary N) is 3. The number of aromatic nitrogens is 6. The van der Waals surface area contributed by atoms with Crippen molar-refractivity contribution in [2.24, 2.45) is 0 Å². The molecule has 1 aromatic carbocycles. The molecule has 240 valence electrons. The molecule has 0 saturated carbocycles. The number of hydrogen-bond donors (Lipinski definition) is 3. The molecule has 2 atom stereocenters. The highest BCUT2D eigenvalue weighted by molar-refractivity contribution is 5.70. The third-order valence-corrected chi connectivity index (χ3v) is 6.95. The van der Waals surface area contributed by atoms with E-state index < -0.39 is 17.3 Å². The molecule has 4 aromatic rings. The maximum Gasteiger partial charge on any atom is 0.410 e. The van der Waals surface area contributed by atoms with Crippen molar-refractivity contribution in [2.75, 3.05) is 6.54 Å². The number of amides is 2. The lowest BCUT2D eigenvalue weighted by Crippen LogP contribution is -2.36. The summed E-state index contributed by atoms with van der Waals surface area (Å²) in [4.78, 5) is 51.4. The number of imidazole rings is 2. The fraction of sp³-hybridized carbons (Fsp3) is 0.455. The fourth-order valence-corrected chi connectivity index (χ4v) is 4.92. The summed E-state index contributed by atoms with van der Waals surface area (Å²) < 4.78 is 10.9. The summed E-state index contributed by atoms with van der Waals surface area (Å²) in [7, 11) is 0. The van der Waals surface area contributed by atoms with Crippen LogP contribution in [0.2, 0.25) is 0 Å². The van der Waals surface area contributed by atoms with E-state index in [1.54, 1.807) is 29.7 Å². The van der Waals surface area contributed by atoms with Crippen LogP contribution in [-0.4, -0.2) is 64.7 Å². The van der Waals surface area contributed by atoms with Crippen molar-refractivity contribution in [1.29, 1.82) is 0 Å². The summed E-state index contributed by atoms with van der Waals surface area (Å²) in [6.07, 6.45) is 7.78. The summed E-state index contributed by atoms with van der Waals surface area (Å²) in [6.45, 7) is 13.5. The molecule has 45 heavy (non-hydrogen) atoms. The number of ether oxygens (including phenoxy) is 2. The number of aromatic amines is 2. The second-order valence-electron chi connectivity index (χ2n) is 12.9. The van der Waals surface area contributed by atoms with E-state index in [9.17, 15) is 9.59 Å². The Bertz CT molecular complexity index is 1600. The number of carbonyl (C=O) groups excluding carboxylic acids is 2. The Kier molecular flexibility index (Phi) is 9.65. The van der Waals surface area contributed by atoms with Crippen molar-refractivity contribution in [1.82, 2.24) is 40.1 Å². The lowest BCUT2D eigenvalue weighted by molar-refractivity contribution is 0.0218. The molecule has 0 bridgehead atoms. The molecule has 5 rings (SSSR count). The van der Waals surface area contributed by atoms with Crippen LogP contribution in [-0.2, 0) is 9.47 Å². The number of H-pyrrole nitrogens is 2. The van der Waals surface area contributed by atoms with E-state index in [-0.39, 0.29) is 25.6 Å². The van der Waals surface area contributed by atoms with Gasteiger partial charge in [-0.15, -0.1) is 0 Å². The molecule has 0 spiro atoms. The zero-order valence-corrected chi connectivity index (χ0v) is 26.3. The molecule has 0 radical (unpaired) electrons. The van der Waals surface area contributed by atoms with Gasteiger partial charge in [0.1, 0.15) is 28.5 Å². The number of rotatable bonds is 6. The molecule has 3 aromatic heterocycles. The Hall–Kier alpha value is -4.74. The van der Waals surface area contributed by atoms with Crippen molar-refractivity contribution in [3.8, 4) is 33.9 Å². The highest BCUT2D eigenvalue weighted by atomic mass is 16.6. The zero-order chi connectivity index (χ0) is 31.6. The smallest absolute Gasteiger partial charge is 0.410 e. The average Bonchev–Trinajstić information content (AvgIpc) is 3.72. The number of hydrogen-bond acceptors (Lipinski definition) is 8. The lowest BCUT2D eigenvalue weighted by Gasteiger charge is -2.27. The monoisotopic (exact) mass is 616 g/mol. The van der Waals surface area contributed by atoms with Crippen LogP contribution in [0.25, 0.3) is 33.9 Å². The Morgan fingerprint density at radius 2 is 1.47 bits per heavy atom. The minimum Gasteiger partial charge on any atom is -0.444 e. The van der Waals surface area contributed by atoms with Crippen LogP contribution in [0.15, 0.2) is 49.1 Å². The van der Waals surface area contributed by atoms with E-state index in [4.69, 9.17) is 9.47 Å². The van der Waals surface area contributed by atoms with Gasteiger partial charge in [0.25, 0.3) is 0 Å². The molecule has 4 heterocycles. The number of likely N-dealkylation sites (tertiary alicyclic amines) is 1. The Labute approximate surface area is 264 Å². The molecule has 0 unspecified atom stereocenters.